The third-order valence-corrected chi connectivity index (χ3v) is 4.67. The van der Waals surface area contributed by atoms with Crippen LogP contribution >= 0.6 is 0 Å². The highest BCUT2D eigenvalue weighted by Crippen LogP contribution is 2.30. The van der Waals surface area contributed by atoms with Crippen molar-refractivity contribution in [3.63, 3.8) is 0 Å². The highest BCUT2D eigenvalue weighted by Gasteiger charge is 2.26. The van der Waals surface area contributed by atoms with Crippen molar-refractivity contribution < 1.29 is 8.91 Å². The van der Waals surface area contributed by atoms with Crippen LogP contribution in [0.3, 0.4) is 0 Å². The van der Waals surface area contributed by atoms with Crippen LogP contribution < -0.4 is 0 Å². The highest BCUT2D eigenvalue weighted by molar-refractivity contribution is 5.63. The molecule has 6 heteroatoms. The quantitative estimate of drug-likeness (QED) is 0.724. The van der Waals surface area contributed by atoms with Crippen LogP contribution in [0.1, 0.15) is 37.0 Å². The molecule has 0 bridgehead atoms. The van der Waals surface area contributed by atoms with E-state index < -0.39 is 0 Å². The van der Waals surface area contributed by atoms with Gasteiger partial charge < -0.3 is 9.09 Å². The van der Waals surface area contributed by atoms with Crippen LogP contribution in [0.15, 0.2) is 41.2 Å². The zero-order valence-electron chi connectivity index (χ0n) is 14.4. The van der Waals surface area contributed by atoms with Gasteiger partial charge in [-0.3, -0.25) is 4.90 Å². The minimum absolute atomic E-state index is 0.263. The van der Waals surface area contributed by atoms with Gasteiger partial charge in [0.2, 0.25) is 0 Å². The van der Waals surface area contributed by atoms with Crippen LogP contribution in [-0.2, 0) is 19.5 Å². The molecule has 0 atom stereocenters. The van der Waals surface area contributed by atoms with Gasteiger partial charge in [-0.05, 0) is 26.0 Å². The summed E-state index contributed by atoms with van der Waals surface area (Å²) in [5.74, 6) is 1.70. The summed E-state index contributed by atoms with van der Waals surface area (Å²) in [6.45, 7) is 6.72. The molecule has 1 aromatic carbocycles. The Hall–Kier alpha value is -2.47. The van der Waals surface area contributed by atoms with Gasteiger partial charge >= 0.3 is 0 Å². The van der Waals surface area contributed by atoms with Crippen molar-refractivity contribution in [2.75, 3.05) is 6.54 Å². The van der Waals surface area contributed by atoms with Gasteiger partial charge in [-0.2, -0.15) is 0 Å². The van der Waals surface area contributed by atoms with Crippen molar-refractivity contribution >= 4 is 0 Å². The van der Waals surface area contributed by atoms with Crippen LogP contribution in [0.4, 0.5) is 4.39 Å². The van der Waals surface area contributed by atoms with E-state index in [1.807, 2.05) is 18.5 Å². The molecule has 2 aromatic heterocycles. The minimum Gasteiger partial charge on any atom is -0.360 e. The van der Waals surface area contributed by atoms with Gasteiger partial charge in [0.1, 0.15) is 23.1 Å². The molecule has 0 saturated heterocycles. The van der Waals surface area contributed by atoms with E-state index in [9.17, 15) is 4.39 Å². The lowest BCUT2D eigenvalue weighted by Gasteiger charge is -2.26. The summed E-state index contributed by atoms with van der Waals surface area (Å²) in [7, 11) is 0. The average molecular weight is 340 g/mol. The topological polar surface area (TPSA) is 47.1 Å². The molecule has 0 radical (unpaired) electrons. The van der Waals surface area contributed by atoms with Crippen molar-refractivity contribution in [1.82, 2.24) is 19.6 Å². The molecule has 1 aliphatic heterocycles. The van der Waals surface area contributed by atoms with Crippen molar-refractivity contribution in [2.45, 2.75) is 39.4 Å². The fourth-order valence-electron chi connectivity index (χ4n) is 3.40. The van der Waals surface area contributed by atoms with Crippen molar-refractivity contribution in [3.8, 4) is 11.3 Å². The molecule has 0 saturated carbocycles. The first-order valence-corrected chi connectivity index (χ1v) is 8.59. The van der Waals surface area contributed by atoms with E-state index in [-0.39, 0.29) is 5.82 Å². The van der Waals surface area contributed by atoms with Gasteiger partial charge in [0.05, 0.1) is 6.54 Å². The summed E-state index contributed by atoms with van der Waals surface area (Å²) >= 11 is 0. The van der Waals surface area contributed by atoms with Gasteiger partial charge in [-0.15, -0.1) is 0 Å². The summed E-state index contributed by atoms with van der Waals surface area (Å²) in [6, 6.07) is 6.89. The number of hydrogen-bond acceptors (Lipinski definition) is 4. The van der Waals surface area contributed by atoms with E-state index in [0.717, 1.165) is 54.5 Å². The maximum absolute atomic E-state index is 13.6. The first kappa shape index (κ1) is 16.0. The lowest BCUT2D eigenvalue weighted by atomic mass is 10.0. The highest BCUT2D eigenvalue weighted by atomic mass is 19.1. The Labute approximate surface area is 146 Å². The number of hydrogen-bond donors (Lipinski definition) is 0. The second-order valence-corrected chi connectivity index (χ2v) is 6.75. The Kier molecular flexibility index (Phi) is 4.13. The number of imidazole rings is 1. The number of rotatable bonds is 4. The summed E-state index contributed by atoms with van der Waals surface area (Å²) in [5.41, 5.74) is 2.56. The first-order chi connectivity index (χ1) is 12.1. The number of halogens is 1. The zero-order valence-corrected chi connectivity index (χ0v) is 14.4. The fraction of sp³-hybridized carbons (Fsp3) is 0.368. The number of fused-ring (bicyclic) bond motifs is 1. The molecular weight excluding hydrogens is 319 g/mol. The first-order valence-electron chi connectivity index (χ1n) is 8.59. The van der Waals surface area contributed by atoms with E-state index in [0.29, 0.717) is 6.04 Å². The second-order valence-electron chi connectivity index (χ2n) is 6.75. The second kappa shape index (κ2) is 6.44. The third kappa shape index (κ3) is 3.09. The Morgan fingerprint density at radius 1 is 1.32 bits per heavy atom. The molecule has 0 amide bonds. The van der Waals surface area contributed by atoms with E-state index in [1.165, 1.54) is 12.1 Å². The lowest BCUT2D eigenvalue weighted by Crippen LogP contribution is -2.31. The summed E-state index contributed by atoms with van der Waals surface area (Å²) in [5, 5.41) is 4.20. The Bertz CT molecular complexity index is 883. The molecule has 0 aliphatic carbocycles. The summed E-state index contributed by atoms with van der Waals surface area (Å²) in [6.07, 6.45) is 4.68. The van der Waals surface area contributed by atoms with Crippen molar-refractivity contribution in [2.24, 2.45) is 0 Å². The van der Waals surface area contributed by atoms with E-state index in [1.54, 1.807) is 6.07 Å². The van der Waals surface area contributed by atoms with Gasteiger partial charge in [0, 0.05) is 49.1 Å². The van der Waals surface area contributed by atoms with Gasteiger partial charge in [-0.1, -0.05) is 17.3 Å². The maximum Gasteiger partial charge on any atom is 0.143 e. The molecule has 0 spiro atoms. The summed E-state index contributed by atoms with van der Waals surface area (Å²) in [4.78, 5) is 6.84. The average Bonchev–Trinajstić information content (AvgIpc) is 3.21. The van der Waals surface area contributed by atoms with Crippen LogP contribution in [0, 0.1) is 5.82 Å². The van der Waals surface area contributed by atoms with Crippen molar-refractivity contribution in [3.05, 3.63) is 59.6 Å². The van der Waals surface area contributed by atoms with E-state index in [2.05, 4.69) is 33.5 Å². The molecule has 130 valence electrons. The van der Waals surface area contributed by atoms with Crippen molar-refractivity contribution in [1.29, 1.82) is 0 Å². The Morgan fingerprint density at radius 3 is 3.00 bits per heavy atom. The zero-order chi connectivity index (χ0) is 17.4. The predicted octanol–water partition coefficient (Wildman–Crippen LogP) is 3.82. The Balaban J connectivity index is 1.59. The molecule has 4 rings (SSSR count). The lowest BCUT2D eigenvalue weighted by molar-refractivity contribution is 0.219. The molecule has 3 heterocycles. The third-order valence-electron chi connectivity index (χ3n) is 4.67. The monoisotopic (exact) mass is 340 g/mol. The van der Waals surface area contributed by atoms with Crippen LogP contribution in [0.25, 0.3) is 11.3 Å². The van der Waals surface area contributed by atoms with Crippen LogP contribution in [0.2, 0.25) is 0 Å². The molecular formula is C19H21FN4O. The summed E-state index contributed by atoms with van der Waals surface area (Å²) < 4.78 is 21.3. The fourth-order valence-corrected chi connectivity index (χ4v) is 3.40. The van der Waals surface area contributed by atoms with E-state index in [4.69, 9.17) is 4.52 Å². The minimum atomic E-state index is -0.263. The predicted molar refractivity (Wildman–Crippen MR) is 92.3 cm³/mol. The molecule has 3 aromatic rings. The standard InChI is InChI=1S/C19H21FN4O/c1-13(2)24-9-7-21-18(24)12-23-8-6-17-16(11-23)19(22-25-17)14-4-3-5-15(20)10-14/h3-5,7,9-10,13H,6,8,11-12H2,1-2H3. The smallest absolute Gasteiger partial charge is 0.143 e. The van der Waals surface area contributed by atoms with Gasteiger partial charge in [0.25, 0.3) is 0 Å². The number of aromatic nitrogens is 3. The van der Waals surface area contributed by atoms with E-state index >= 15 is 0 Å². The Morgan fingerprint density at radius 2 is 2.20 bits per heavy atom. The van der Waals surface area contributed by atoms with Crippen LogP contribution in [-0.4, -0.2) is 26.2 Å². The molecule has 1 aliphatic rings. The van der Waals surface area contributed by atoms with Crippen LogP contribution in [0.5, 0.6) is 0 Å². The van der Waals surface area contributed by atoms with Gasteiger partial charge in [0.15, 0.2) is 0 Å². The maximum atomic E-state index is 13.6. The molecule has 0 unspecified atom stereocenters. The normalized spacial score (nSPS) is 14.9. The molecule has 5 nitrogen and oxygen atoms in total. The molecule has 25 heavy (non-hydrogen) atoms. The largest absolute Gasteiger partial charge is 0.360 e. The SMILES string of the molecule is CC(C)n1ccnc1CN1CCc2onc(-c3cccc(F)c3)c2C1. The number of nitrogens with zero attached hydrogens (tertiary/aromatic N) is 4. The number of benzene rings is 1. The van der Waals surface area contributed by atoms with Gasteiger partial charge in [-0.25, -0.2) is 9.37 Å². The molecule has 0 fully saturated rings. The molecule has 0 N–H and O–H groups in total.